The fourth-order valence-corrected chi connectivity index (χ4v) is 2.17. The normalized spacial score (nSPS) is 9.78. The van der Waals surface area contributed by atoms with Gasteiger partial charge in [0.25, 0.3) is 11.7 Å². The minimum Gasteiger partial charge on any atom is -0.361 e. The van der Waals surface area contributed by atoms with Crippen LogP contribution < -0.4 is 5.32 Å². The number of hydrogen-bond donors (Lipinski definition) is 1. The van der Waals surface area contributed by atoms with Gasteiger partial charge in [-0.2, -0.15) is 4.79 Å². The van der Waals surface area contributed by atoms with Crippen LogP contribution in [0.5, 0.6) is 0 Å². The Kier molecular flexibility index (Phi) is 5.56. The molecular formula is C18H17N3O2. The van der Waals surface area contributed by atoms with Gasteiger partial charge in [-0.15, -0.1) is 0 Å². The average molecular weight is 307 g/mol. The van der Waals surface area contributed by atoms with Crippen molar-refractivity contribution in [2.45, 2.75) is 13.3 Å². The molecule has 0 radical (unpaired) electrons. The summed E-state index contributed by atoms with van der Waals surface area (Å²) in [5.74, 6) is -0.700. The van der Waals surface area contributed by atoms with Gasteiger partial charge >= 0.3 is 6.21 Å². The Hall–Kier alpha value is -3.04. The Labute approximate surface area is 134 Å². The molecule has 0 fully saturated rings. The lowest BCUT2D eigenvalue weighted by Crippen LogP contribution is -2.24. The van der Waals surface area contributed by atoms with Crippen LogP contribution in [0.25, 0.3) is 16.7 Å². The monoisotopic (exact) mass is 307 g/mol. The van der Waals surface area contributed by atoms with Crippen molar-refractivity contribution < 1.29 is 14.4 Å². The van der Waals surface area contributed by atoms with E-state index in [2.05, 4.69) is 10.1 Å². The van der Waals surface area contributed by atoms with Crippen molar-refractivity contribution in [2.24, 2.45) is 0 Å². The summed E-state index contributed by atoms with van der Waals surface area (Å²) in [6, 6.07) is 14.4. The van der Waals surface area contributed by atoms with Gasteiger partial charge in [0, 0.05) is 17.7 Å². The highest BCUT2D eigenvalue weighted by atomic mass is 16.1. The molecule has 0 unspecified atom stereocenters. The van der Waals surface area contributed by atoms with Gasteiger partial charge < -0.3 is 10.8 Å². The Balaban J connectivity index is 2.50. The molecule has 0 heterocycles. The van der Waals surface area contributed by atoms with E-state index >= 15 is 0 Å². The first-order valence-electron chi connectivity index (χ1n) is 7.36. The lowest BCUT2D eigenvalue weighted by molar-refractivity contribution is 0.00234. The fourth-order valence-electron chi connectivity index (χ4n) is 2.17. The van der Waals surface area contributed by atoms with E-state index in [-0.39, 0.29) is 5.91 Å². The number of carbonyl (C=O) groups is 2. The number of rotatable bonds is 6. The Morgan fingerprint density at radius 2 is 1.78 bits per heavy atom. The third-order valence-corrected chi connectivity index (χ3v) is 3.30. The first kappa shape index (κ1) is 16.3. The van der Waals surface area contributed by atoms with Crippen LogP contribution in [0, 0.1) is 0 Å². The molecule has 5 nitrogen and oxygen atoms in total. The number of benzene rings is 2. The number of amides is 1. The maximum absolute atomic E-state index is 12.2. The van der Waals surface area contributed by atoms with Crippen molar-refractivity contribution in [1.29, 1.82) is 0 Å². The first-order chi connectivity index (χ1) is 11.2. The molecule has 2 aromatic rings. The molecule has 23 heavy (non-hydrogen) atoms. The molecule has 116 valence electrons. The Bertz CT molecular complexity index is 763. The van der Waals surface area contributed by atoms with Crippen LogP contribution in [-0.4, -0.2) is 29.2 Å². The van der Waals surface area contributed by atoms with Gasteiger partial charge in [-0.3, -0.25) is 9.59 Å². The maximum Gasteiger partial charge on any atom is 0.328 e. The molecule has 0 atom stereocenters. The molecule has 1 N–H and O–H groups in total. The number of ketones is 1. The second-order valence-corrected chi connectivity index (χ2v) is 5.03. The number of nitrogens with one attached hydrogen (secondary N) is 1. The van der Waals surface area contributed by atoms with Crippen molar-refractivity contribution in [3.8, 4) is 11.1 Å². The van der Waals surface area contributed by atoms with E-state index < -0.39 is 5.78 Å². The van der Waals surface area contributed by atoms with Gasteiger partial charge in [-0.1, -0.05) is 37.3 Å². The third kappa shape index (κ3) is 4.22. The molecule has 0 saturated carbocycles. The molecule has 0 aliphatic rings. The standard InChI is InChI=1S/C18H17N3O2/c1-2-8-20-18(23)16-10-14(13-6-4-3-5-7-13)9-15(11-16)17(22)12-21-19/h3-7,9-12H,2,8H2,1H3,(H,20,23). The molecule has 0 aliphatic heterocycles. The molecule has 0 spiro atoms. The topological polar surface area (TPSA) is 82.6 Å². The quantitative estimate of drug-likeness (QED) is 0.385. The molecule has 0 aliphatic carbocycles. The number of nitrogens with zero attached hydrogens (tertiary/aromatic N) is 2. The summed E-state index contributed by atoms with van der Waals surface area (Å²) < 4.78 is 0. The molecule has 5 heteroatoms. The molecule has 2 rings (SSSR count). The van der Waals surface area contributed by atoms with Crippen LogP contribution >= 0.6 is 0 Å². The minimum absolute atomic E-state index is 0.236. The van der Waals surface area contributed by atoms with E-state index in [1.165, 1.54) is 6.07 Å². The lowest BCUT2D eigenvalue weighted by atomic mass is 9.98. The van der Waals surface area contributed by atoms with Crippen LogP contribution in [0.2, 0.25) is 0 Å². The van der Waals surface area contributed by atoms with E-state index in [0.29, 0.717) is 17.7 Å². The van der Waals surface area contributed by atoms with Gasteiger partial charge in [0.2, 0.25) is 0 Å². The molecule has 0 aromatic heterocycles. The maximum atomic E-state index is 12.2. The van der Waals surface area contributed by atoms with E-state index in [0.717, 1.165) is 23.8 Å². The van der Waals surface area contributed by atoms with Crippen LogP contribution in [0.3, 0.4) is 0 Å². The highest BCUT2D eigenvalue weighted by Crippen LogP contribution is 2.22. The summed E-state index contributed by atoms with van der Waals surface area (Å²) in [6.45, 7) is 2.53. The summed E-state index contributed by atoms with van der Waals surface area (Å²) in [5.41, 5.74) is 10.9. The van der Waals surface area contributed by atoms with Crippen LogP contribution in [0.4, 0.5) is 0 Å². The number of hydrogen-bond acceptors (Lipinski definition) is 2. The van der Waals surface area contributed by atoms with E-state index in [4.69, 9.17) is 5.53 Å². The highest BCUT2D eigenvalue weighted by molar-refractivity contribution is 6.33. The van der Waals surface area contributed by atoms with Gasteiger partial charge in [0.05, 0.1) is 0 Å². The molecule has 0 bridgehead atoms. The SMILES string of the molecule is CCCNC(=O)c1cc(C(=O)C=[N+]=[N-])cc(-c2ccccc2)c1. The van der Waals surface area contributed by atoms with Crippen molar-refractivity contribution >= 4 is 17.9 Å². The fraction of sp³-hybridized carbons (Fsp3) is 0.167. The zero-order valence-electron chi connectivity index (χ0n) is 12.8. The van der Waals surface area contributed by atoms with Crippen LogP contribution in [-0.2, 0) is 0 Å². The summed E-state index contributed by atoms with van der Waals surface area (Å²) >= 11 is 0. The molecule has 1 amide bonds. The second kappa shape index (κ2) is 7.82. The summed E-state index contributed by atoms with van der Waals surface area (Å²) in [7, 11) is 0. The molecular weight excluding hydrogens is 290 g/mol. The van der Waals surface area contributed by atoms with Crippen molar-refractivity contribution in [1.82, 2.24) is 5.32 Å². The van der Waals surface area contributed by atoms with Crippen molar-refractivity contribution in [2.75, 3.05) is 6.54 Å². The van der Waals surface area contributed by atoms with Crippen molar-refractivity contribution in [3.05, 3.63) is 65.2 Å². The van der Waals surface area contributed by atoms with Crippen molar-refractivity contribution in [3.63, 3.8) is 0 Å². The van der Waals surface area contributed by atoms with E-state index in [1.54, 1.807) is 12.1 Å². The highest BCUT2D eigenvalue weighted by Gasteiger charge is 2.14. The number of Topliss-reactive ketones (excluding diaryl/α,β-unsaturated/α-hetero) is 1. The predicted molar refractivity (Wildman–Crippen MR) is 88.5 cm³/mol. The predicted octanol–water partition coefficient (Wildman–Crippen LogP) is 2.98. The summed E-state index contributed by atoms with van der Waals surface area (Å²) in [4.78, 5) is 27.0. The lowest BCUT2D eigenvalue weighted by Gasteiger charge is -2.08. The zero-order valence-corrected chi connectivity index (χ0v) is 12.8. The van der Waals surface area contributed by atoms with Crippen LogP contribution in [0.15, 0.2) is 48.5 Å². The van der Waals surface area contributed by atoms with Gasteiger partial charge in [-0.05, 0) is 35.7 Å². The smallest absolute Gasteiger partial charge is 0.328 e. The Morgan fingerprint density at radius 3 is 2.43 bits per heavy atom. The molecule has 2 aromatic carbocycles. The third-order valence-electron chi connectivity index (χ3n) is 3.30. The second-order valence-electron chi connectivity index (χ2n) is 5.03. The van der Waals surface area contributed by atoms with Gasteiger partial charge in [0.15, 0.2) is 0 Å². The number of carbonyl (C=O) groups excluding carboxylic acids is 2. The van der Waals surface area contributed by atoms with Gasteiger partial charge in [-0.25, -0.2) is 0 Å². The largest absolute Gasteiger partial charge is 0.361 e. The zero-order chi connectivity index (χ0) is 16.7. The van der Waals surface area contributed by atoms with Crippen LogP contribution in [0.1, 0.15) is 34.1 Å². The minimum atomic E-state index is -0.463. The van der Waals surface area contributed by atoms with E-state index in [9.17, 15) is 9.59 Å². The molecule has 0 saturated heterocycles. The van der Waals surface area contributed by atoms with Gasteiger partial charge in [0.1, 0.15) is 0 Å². The summed E-state index contributed by atoms with van der Waals surface area (Å²) in [5, 5.41) is 2.79. The average Bonchev–Trinajstić information content (AvgIpc) is 2.60. The Morgan fingerprint density at radius 1 is 1.09 bits per heavy atom. The summed E-state index contributed by atoms with van der Waals surface area (Å²) in [6.07, 6.45) is 1.64. The first-order valence-corrected chi connectivity index (χ1v) is 7.36. The van der Waals surface area contributed by atoms with E-state index in [1.807, 2.05) is 37.3 Å².